The fourth-order valence-electron chi connectivity index (χ4n) is 3.95. The number of ether oxygens (including phenoxy) is 1. The molecule has 1 aromatic carbocycles. The number of hydrogen-bond acceptors (Lipinski definition) is 3. The van der Waals surface area contributed by atoms with E-state index < -0.39 is 0 Å². The van der Waals surface area contributed by atoms with E-state index in [1.165, 1.54) is 36.9 Å². The molecule has 24 heavy (non-hydrogen) atoms. The third-order valence-corrected chi connectivity index (χ3v) is 5.97. The van der Waals surface area contributed by atoms with E-state index in [1.54, 1.807) is 0 Å². The van der Waals surface area contributed by atoms with Gasteiger partial charge in [0.05, 0.1) is 0 Å². The average molecular weight is 327 g/mol. The number of nitrogens with one attached hydrogen (secondary N) is 1. The van der Waals surface area contributed by atoms with Crippen molar-refractivity contribution in [2.24, 2.45) is 11.8 Å². The molecule has 1 heterocycles. The molecule has 4 rings (SSSR count). The van der Waals surface area contributed by atoms with Crippen LogP contribution in [0, 0.1) is 18.8 Å². The second-order valence-electron chi connectivity index (χ2n) is 8.05. The van der Waals surface area contributed by atoms with Crippen molar-refractivity contribution >= 4 is 5.78 Å². The average Bonchev–Trinajstić information content (AvgIpc) is 3.49. The summed E-state index contributed by atoms with van der Waals surface area (Å²) in [7, 11) is 0. The first kappa shape index (κ1) is 16.3. The van der Waals surface area contributed by atoms with E-state index in [0.29, 0.717) is 30.1 Å². The van der Waals surface area contributed by atoms with Crippen LogP contribution in [0.3, 0.4) is 0 Å². The number of rotatable bonds is 7. The largest absolute Gasteiger partial charge is 0.381 e. The minimum atomic E-state index is 0.311. The minimum Gasteiger partial charge on any atom is -0.381 e. The quantitative estimate of drug-likeness (QED) is 0.773. The summed E-state index contributed by atoms with van der Waals surface area (Å²) < 4.78 is 5.40. The number of hydrogen-bond donors (Lipinski definition) is 1. The van der Waals surface area contributed by atoms with Crippen LogP contribution in [-0.2, 0) is 4.74 Å². The molecule has 2 saturated carbocycles. The third-order valence-electron chi connectivity index (χ3n) is 5.97. The second-order valence-corrected chi connectivity index (χ2v) is 8.05. The standard InChI is InChI=1S/C21H29NO2/c1-14-2-5-17(21(23)10-15-6-8-24-9-7-15)11-18(14)19-12-20(19)22-13-16-3-4-16/h2,5,11,15-16,19-20,22H,3-4,6-10,12-13H2,1H3. The first-order valence-electron chi connectivity index (χ1n) is 9.65. The molecule has 0 bridgehead atoms. The Bertz CT molecular complexity index is 602. The summed E-state index contributed by atoms with van der Waals surface area (Å²) >= 11 is 0. The molecule has 1 aliphatic heterocycles. The number of Topliss-reactive ketones (excluding diaryl/α,β-unsaturated/α-hetero) is 1. The van der Waals surface area contributed by atoms with Crippen molar-refractivity contribution in [2.75, 3.05) is 19.8 Å². The van der Waals surface area contributed by atoms with Crippen LogP contribution < -0.4 is 5.32 Å². The van der Waals surface area contributed by atoms with Crippen LogP contribution in [0.5, 0.6) is 0 Å². The Morgan fingerprint density at radius 3 is 2.71 bits per heavy atom. The van der Waals surface area contributed by atoms with Crippen LogP contribution in [0.2, 0.25) is 0 Å². The van der Waals surface area contributed by atoms with Crippen molar-refractivity contribution in [3.8, 4) is 0 Å². The van der Waals surface area contributed by atoms with Crippen LogP contribution in [-0.4, -0.2) is 31.6 Å². The molecule has 3 heteroatoms. The molecule has 130 valence electrons. The van der Waals surface area contributed by atoms with E-state index in [-0.39, 0.29) is 0 Å². The van der Waals surface area contributed by atoms with E-state index in [2.05, 4.69) is 24.4 Å². The Hall–Kier alpha value is -1.19. The monoisotopic (exact) mass is 327 g/mol. The summed E-state index contributed by atoms with van der Waals surface area (Å²) in [6.07, 6.45) is 6.77. The normalized spacial score (nSPS) is 27.2. The molecule has 0 amide bonds. The van der Waals surface area contributed by atoms with Crippen LogP contribution in [0.15, 0.2) is 18.2 Å². The van der Waals surface area contributed by atoms with Crippen LogP contribution in [0.25, 0.3) is 0 Å². The molecule has 0 radical (unpaired) electrons. The van der Waals surface area contributed by atoms with Gasteiger partial charge >= 0.3 is 0 Å². The summed E-state index contributed by atoms with van der Waals surface area (Å²) in [4.78, 5) is 12.7. The van der Waals surface area contributed by atoms with Crippen molar-refractivity contribution in [2.45, 2.75) is 57.4 Å². The van der Waals surface area contributed by atoms with Crippen molar-refractivity contribution < 1.29 is 9.53 Å². The summed E-state index contributed by atoms with van der Waals surface area (Å²) in [5, 5.41) is 3.71. The van der Waals surface area contributed by atoms with Gasteiger partial charge in [0.25, 0.3) is 0 Å². The lowest BCUT2D eigenvalue weighted by atomic mass is 9.90. The second kappa shape index (κ2) is 6.97. The topological polar surface area (TPSA) is 38.3 Å². The van der Waals surface area contributed by atoms with Crippen LogP contribution in [0.4, 0.5) is 0 Å². The number of aryl methyl sites for hydroxylation is 1. The van der Waals surface area contributed by atoms with E-state index >= 15 is 0 Å². The maximum atomic E-state index is 12.7. The summed E-state index contributed by atoms with van der Waals surface area (Å²) in [6.45, 7) is 4.99. The molecule has 1 aromatic rings. The zero-order valence-electron chi connectivity index (χ0n) is 14.7. The molecule has 1 saturated heterocycles. The molecule has 3 nitrogen and oxygen atoms in total. The maximum absolute atomic E-state index is 12.7. The van der Waals surface area contributed by atoms with Crippen molar-refractivity contribution in [3.63, 3.8) is 0 Å². The highest BCUT2D eigenvalue weighted by atomic mass is 16.5. The Kier molecular flexibility index (Phi) is 4.73. The van der Waals surface area contributed by atoms with Gasteiger partial charge in [-0.1, -0.05) is 12.1 Å². The van der Waals surface area contributed by atoms with Gasteiger partial charge < -0.3 is 10.1 Å². The predicted octanol–water partition coefficient (Wildman–Crippen LogP) is 3.85. The molecule has 0 aromatic heterocycles. The molecular formula is C21H29NO2. The van der Waals surface area contributed by atoms with Crippen LogP contribution in [0.1, 0.15) is 65.9 Å². The third kappa shape index (κ3) is 3.89. The molecule has 3 aliphatic rings. The highest BCUT2D eigenvalue weighted by molar-refractivity contribution is 5.96. The fraction of sp³-hybridized carbons (Fsp3) is 0.667. The number of carbonyl (C=O) groups is 1. The van der Waals surface area contributed by atoms with Gasteiger partial charge in [0, 0.05) is 37.2 Å². The smallest absolute Gasteiger partial charge is 0.163 e. The zero-order chi connectivity index (χ0) is 16.5. The van der Waals surface area contributed by atoms with Gasteiger partial charge in [-0.2, -0.15) is 0 Å². The predicted molar refractivity (Wildman–Crippen MR) is 95.5 cm³/mol. The van der Waals surface area contributed by atoms with E-state index in [9.17, 15) is 4.79 Å². The van der Waals surface area contributed by atoms with Gasteiger partial charge in [0.1, 0.15) is 0 Å². The molecule has 0 spiro atoms. The van der Waals surface area contributed by atoms with E-state index in [1.807, 2.05) is 6.07 Å². The summed E-state index contributed by atoms with van der Waals surface area (Å²) in [5.41, 5.74) is 3.63. The Balaban J connectivity index is 1.38. The molecule has 3 fully saturated rings. The highest BCUT2D eigenvalue weighted by Gasteiger charge is 2.40. The SMILES string of the molecule is Cc1ccc(C(=O)CC2CCOCC2)cc1C1CC1NCC1CC1. The molecule has 1 N–H and O–H groups in total. The first-order chi connectivity index (χ1) is 11.7. The zero-order valence-corrected chi connectivity index (χ0v) is 14.7. The number of benzene rings is 1. The van der Waals surface area contributed by atoms with Gasteiger partial charge in [-0.25, -0.2) is 0 Å². The molecule has 2 unspecified atom stereocenters. The van der Waals surface area contributed by atoms with E-state index in [0.717, 1.165) is 37.5 Å². The van der Waals surface area contributed by atoms with Gasteiger partial charge in [-0.15, -0.1) is 0 Å². The van der Waals surface area contributed by atoms with Gasteiger partial charge in [-0.3, -0.25) is 4.79 Å². The summed E-state index contributed by atoms with van der Waals surface area (Å²) in [5.74, 6) is 2.36. The van der Waals surface area contributed by atoms with Gasteiger partial charge in [0.2, 0.25) is 0 Å². The Labute approximate surface area is 145 Å². The van der Waals surface area contributed by atoms with Crippen molar-refractivity contribution in [1.29, 1.82) is 0 Å². The fourth-order valence-corrected chi connectivity index (χ4v) is 3.95. The van der Waals surface area contributed by atoms with Crippen molar-refractivity contribution in [3.05, 3.63) is 34.9 Å². The van der Waals surface area contributed by atoms with Crippen LogP contribution >= 0.6 is 0 Å². The Morgan fingerprint density at radius 1 is 1.17 bits per heavy atom. The lowest BCUT2D eigenvalue weighted by molar-refractivity contribution is 0.0601. The maximum Gasteiger partial charge on any atom is 0.163 e. The first-order valence-corrected chi connectivity index (χ1v) is 9.65. The lowest BCUT2D eigenvalue weighted by Crippen LogP contribution is -2.20. The highest BCUT2D eigenvalue weighted by Crippen LogP contribution is 2.43. The molecular weight excluding hydrogens is 298 g/mol. The Morgan fingerprint density at radius 2 is 1.96 bits per heavy atom. The molecule has 2 atom stereocenters. The van der Waals surface area contributed by atoms with Gasteiger partial charge in [-0.05, 0) is 74.6 Å². The number of carbonyl (C=O) groups excluding carboxylic acids is 1. The number of ketones is 1. The summed E-state index contributed by atoms with van der Waals surface area (Å²) in [6, 6.07) is 6.98. The lowest BCUT2D eigenvalue weighted by Gasteiger charge is -2.21. The van der Waals surface area contributed by atoms with Crippen molar-refractivity contribution in [1.82, 2.24) is 5.32 Å². The molecule has 2 aliphatic carbocycles. The minimum absolute atomic E-state index is 0.311. The van der Waals surface area contributed by atoms with E-state index in [4.69, 9.17) is 4.74 Å². The van der Waals surface area contributed by atoms with Gasteiger partial charge in [0.15, 0.2) is 5.78 Å².